The Bertz CT molecular complexity index is 382. The highest BCUT2D eigenvalue weighted by molar-refractivity contribution is 14.1. The summed E-state index contributed by atoms with van der Waals surface area (Å²) in [6.45, 7) is 27.8. The third-order valence-electron chi connectivity index (χ3n) is 5.75. The molecule has 2 nitrogen and oxygen atoms in total. The number of rotatable bonds is 8. The van der Waals surface area contributed by atoms with Crippen LogP contribution in [0, 0.1) is 0 Å². The smallest absolute Gasteiger partial charge is 0.192 e. The van der Waals surface area contributed by atoms with Gasteiger partial charge in [-0.15, -0.1) is 0 Å². The molecule has 0 amide bonds. The minimum Gasteiger partial charge on any atom is -0.414 e. The molecule has 3 atom stereocenters. The summed E-state index contributed by atoms with van der Waals surface area (Å²) in [6.07, 6.45) is 2.68. The Morgan fingerprint density at radius 2 is 1.12 bits per heavy atom. The third kappa shape index (κ3) is 8.19. The Kier molecular flexibility index (Phi) is 9.25. The summed E-state index contributed by atoms with van der Waals surface area (Å²) in [7, 11) is -3.46. The van der Waals surface area contributed by atoms with Crippen LogP contribution in [0.1, 0.15) is 68.2 Å². The van der Waals surface area contributed by atoms with Crippen LogP contribution >= 0.6 is 22.6 Å². The van der Waals surface area contributed by atoms with Crippen LogP contribution in [0.5, 0.6) is 0 Å². The summed E-state index contributed by atoms with van der Waals surface area (Å²) in [6, 6.07) is 0. The predicted molar refractivity (Wildman–Crippen MR) is 123 cm³/mol. The molecule has 0 aromatic rings. The molecule has 24 heavy (non-hydrogen) atoms. The highest BCUT2D eigenvalue weighted by Crippen LogP contribution is 2.40. The average Bonchev–Trinajstić information content (AvgIpc) is 2.22. The van der Waals surface area contributed by atoms with Gasteiger partial charge in [-0.05, 0) is 56.0 Å². The molecule has 5 heteroatoms. The third-order valence-corrected chi connectivity index (χ3v) is 15.4. The molecule has 0 saturated carbocycles. The summed E-state index contributed by atoms with van der Waals surface area (Å²) in [5, 5.41) is 0.511. The number of hydrogen-bond acceptors (Lipinski definition) is 2. The second-order valence-electron chi connectivity index (χ2n) is 10.4. The van der Waals surface area contributed by atoms with Crippen molar-refractivity contribution < 1.29 is 8.85 Å². The van der Waals surface area contributed by atoms with Gasteiger partial charge in [-0.25, -0.2) is 0 Å². The van der Waals surface area contributed by atoms with Crippen molar-refractivity contribution in [2.24, 2.45) is 0 Å². The van der Waals surface area contributed by atoms with Gasteiger partial charge in [0.15, 0.2) is 16.6 Å². The van der Waals surface area contributed by atoms with Gasteiger partial charge in [0, 0.05) is 16.1 Å². The van der Waals surface area contributed by atoms with E-state index in [9.17, 15) is 0 Å². The fourth-order valence-corrected chi connectivity index (χ4v) is 5.65. The van der Waals surface area contributed by atoms with Crippen LogP contribution in [0.25, 0.3) is 0 Å². The number of halogens is 1. The molecular weight excluding hydrogens is 443 g/mol. The van der Waals surface area contributed by atoms with Crippen molar-refractivity contribution >= 4 is 39.2 Å². The van der Waals surface area contributed by atoms with Crippen LogP contribution in [0.15, 0.2) is 0 Å². The Balaban J connectivity index is 5.04. The Morgan fingerprint density at radius 3 is 1.46 bits per heavy atom. The Morgan fingerprint density at radius 1 is 0.750 bits per heavy atom. The molecule has 1 unspecified atom stereocenters. The predicted octanol–water partition coefficient (Wildman–Crippen LogP) is 7.39. The maximum Gasteiger partial charge on any atom is 0.192 e. The first kappa shape index (κ1) is 25.1. The van der Waals surface area contributed by atoms with Crippen molar-refractivity contribution in [2.75, 3.05) is 0 Å². The summed E-state index contributed by atoms with van der Waals surface area (Å²) < 4.78 is 14.0. The molecule has 0 radical (unpaired) electrons. The molecule has 0 fully saturated rings. The lowest BCUT2D eigenvalue weighted by Gasteiger charge is -2.42. The lowest BCUT2D eigenvalue weighted by molar-refractivity contribution is 0.0971. The van der Waals surface area contributed by atoms with E-state index >= 15 is 0 Å². The molecule has 0 aliphatic heterocycles. The largest absolute Gasteiger partial charge is 0.414 e. The Hall–Kier alpha value is 1.08. The van der Waals surface area contributed by atoms with Gasteiger partial charge in [0.2, 0.25) is 0 Å². The van der Waals surface area contributed by atoms with Gasteiger partial charge in [0.05, 0.1) is 0 Å². The van der Waals surface area contributed by atoms with Crippen LogP contribution < -0.4 is 0 Å². The summed E-state index contributed by atoms with van der Waals surface area (Å²) in [5.41, 5.74) is 0. The van der Waals surface area contributed by atoms with E-state index in [1.165, 1.54) is 0 Å². The van der Waals surface area contributed by atoms with E-state index in [-0.39, 0.29) is 16.2 Å². The second-order valence-corrected chi connectivity index (χ2v) is 22.1. The number of alkyl halides is 1. The van der Waals surface area contributed by atoms with Gasteiger partial charge in [-0.3, -0.25) is 0 Å². The fourth-order valence-electron chi connectivity index (χ4n) is 2.25. The first-order chi connectivity index (χ1) is 10.4. The van der Waals surface area contributed by atoms with Gasteiger partial charge in [0.1, 0.15) is 0 Å². The van der Waals surface area contributed by atoms with E-state index < -0.39 is 16.6 Å². The van der Waals surface area contributed by atoms with E-state index in [0.29, 0.717) is 10.0 Å². The van der Waals surface area contributed by atoms with Crippen LogP contribution in [0.3, 0.4) is 0 Å². The molecule has 0 aromatic heterocycles. The molecular formula is C19H43IO2Si2. The fraction of sp³-hybridized carbons (Fsp3) is 1.00. The zero-order valence-electron chi connectivity index (χ0n) is 18.3. The Labute approximate surface area is 168 Å². The van der Waals surface area contributed by atoms with E-state index in [1.54, 1.807) is 0 Å². The maximum atomic E-state index is 6.75. The van der Waals surface area contributed by atoms with Crippen LogP contribution in [0.4, 0.5) is 0 Å². The second kappa shape index (κ2) is 8.85. The lowest BCUT2D eigenvalue weighted by atomic mass is 10.1. The summed E-state index contributed by atoms with van der Waals surface area (Å²) >= 11 is 2.52. The van der Waals surface area contributed by atoms with E-state index in [1.807, 2.05) is 0 Å². The van der Waals surface area contributed by atoms with Crippen LogP contribution in [-0.4, -0.2) is 32.8 Å². The van der Waals surface area contributed by atoms with Crippen LogP contribution in [0.2, 0.25) is 36.3 Å². The molecule has 0 rings (SSSR count). The van der Waals surface area contributed by atoms with Crippen LogP contribution in [-0.2, 0) is 8.85 Å². The van der Waals surface area contributed by atoms with Crippen molar-refractivity contribution in [1.82, 2.24) is 0 Å². The summed E-state index contributed by atoms with van der Waals surface area (Å²) in [5.74, 6) is 0. The standard InChI is InChI=1S/C19H43IO2Si2/c1-15(20)13-17(22-24(11,12)19(6,7)8)14-16(2)21-23(9,10)18(3,4)5/h15-17H,13-14H2,1-12H3/t15?,16-,17+/m1/s1. The van der Waals surface area contributed by atoms with Crippen molar-refractivity contribution in [3.63, 3.8) is 0 Å². The van der Waals surface area contributed by atoms with Crippen molar-refractivity contribution in [3.05, 3.63) is 0 Å². The lowest BCUT2D eigenvalue weighted by Crippen LogP contribution is -2.47. The first-order valence-corrected chi connectivity index (χ1v) is 16.4. The van der Waals surface area contributed by atoms with E-state index in [4.69, 9.17) is 8.85 Å². The van der Waals surface area contributed by atoms with Gasteiger partial charge in [-0.2, -0.15) is 0 Å². The molecule has 0 N–H and O–H groups in total. The minimum atomic E-state index is -1.74. The highest BCUT2D eigenvalue weighted by Gasteiger charge is 2.41. The number of hydrogen-bond donors (Lipinski definition) is 0. The highest BCUT2D eigenvalue weighted by atomic mass is 127. The normalized spacial score (nSPS) is 18.4. The SMILES string of the molecule is CC(I)C[C@@H](C[C@@H](C)O[Si](C)(C)C(C)(C)C)O[Si](C)(C)C(C)(C)C. The zero-order valence-corrected chi connectivity index (χ0v) is 22.5. The maximum absolute atomic E-state index is 6.75. The molecule has 0 aliphatic carbocycles. The zero-order chi connectivity index (χ0) is 19.6. The molecule has 0 heterocycles. The molecule has 0 saturated heterocycles. The molecule has 146 valence electrons. The molecule has 0 aromatic carbocycles. The molecule has 0 aliphatic rings. The first-order valence-electron chi connectivity index (χ1n) is 9.39. The van der Waals surface area contributed by atoms with Crippen molar-refractivity contribution in [1.29, 1.82) is 0 Å². The summed E-state index contributed by atoms with van der Waals surface area (Å²) in [4.78, 5) is 0. The van der Waals surface area contributed by atoms with Gasteiger partial charge in [-0.1, -0.05) is 71.1 Å². The van der Waals surface area contributed by atoms with E-state index in [2.05, 4.69) is 104 Å². The molecule has 0 bridgehead atoms. The molecule has 0 spiro atoms. The monoisotopic (exact) mass is 486 g/mol. The van der Waals surface area contributed by atoms with Gasteiger partial charge < -0.3 is 8.85 Å². The van der Waals surface area contributed by atoms with Gasteiger partial charge in [0.25, 0.3) is 0 Å². The average molecular weight is 487 g/mol. The van der Waals surface area contributed by atoms with E-state index in [0.717, 1.165) is 12.8 Å². The van der Waals surface area contributed by atoms with Crippen molar-refractivity contribution in [2.45, 2.75) is 121 Å². The van der Waals surface area contributed by atoms with Crippen molar-refractivity contribution in [3.8, 4) is 0 Å². The van der Waals surface area contributed by atoms with Gasteiger partial charge >= 0.3 is 0 Å². The topological polar surface area (TPSA) is 18.5 Å². The minimum absolute atomic E-state index is 0.253. The quantitative estimate of drug-likeness (QED) is 0.202.